The van der Waals surface area contributed by atoms with Crippen LogP contribution in [0.15, 0.2) is 30.3 Å². The summed E-state index contributed by atoms with van der Waals surface area (Å²) in [6, 6.07) is 10.1. The second-order valence-corrected chi connectivity index (χ2v) is 4.72. The van der Waals surface area contributed by atoms with Crippen molar-refractivity contribution < 1.29 is 9.53 Å². The van der Waals surface area contributed by atoms with Crippen LogP contribution < -0.4 is 5.32 Å². The normalized spacial score (nSPS) is 23.9. The Bertz CT molecular complexity index is 373. The van der Waals surface area contributed by atoms with Gasteiger partial charge in [0.2, 0.25) is 0 Å². The third-order valence-electron chi connectivity index (χ3n) is 2.86. The molecule has 1 atom stereocenters. The first-order valence-corrected chi connectivity index (χ1v) is 5.58. The lowest BCUT2D eigenvalue weighted by molar-refractivity contribution is -0.161. The number of nitrogens with one attached hydrogen (secondary N) is 1. The van der Waals surface area contributed by atoms with Gasteiger partial charge in [-0.15, -0.1) is 0 Å². The number of esters is 1. The number of morpholine rings is 1. The third-order valence-corrected chi connectivity index (χ3v) is 2.86. The van der Waals surface area contributed by atoms with Crippen LogP contribution in [0.3, 0.4) is 0 Å². The average Bonchev–Trinajstić information content (AvgIpc) is 2.26. The fourth-order valence-electron chi connectivity index (χ4n) is 1.77. The zero-order chi connectivity index (χ0) is 11.6. The molecule has 3 nitrogen and oxygen atoms in total. The van der Waals surface area contributed by atoms with Crippen molar-refractivity contribution in [1.82, 2.24) is 5.32 Å². The number of carbonyl (C=O) groups excluding carboxylic acids is 1. The molecule has 1 saturated heterocycles. The Morgan fingerprint density at radius 1 is 1.38 bits per heavy atom. The van der Waals surface area contributed by atoms with E-state index < -0.39 is 5.54 Å². The van der Waals surface area contributed by atoms with Crippen LogP contribution in [0.2, 0.25) is 0 Å². The molecule has 1 N–H and O–H groups in total. The van der Waals surface area contributed by atoms with Gasteiger partial charge in [-0.1, -0.05) is 30.3 Å². The van der Waals surface area contributed by atoms with E-state index in [9.17, 15) is 4.79 Å². The van der Waals surface area contributed by atoms with Gasteiger partial charge < -0.3 is 4.74 Å². The lowest BCUT2D eigenvalue weighted by Crippen LogP contribution is -2.57. The van der Waals surface area contributed by atoms with Gasteiger partial charge >= 0.3 is 5.97 Å². The van der Waals surface area contributed by atoms with Gasteiger partial charge in [0.1, 0.15) is 11.6 Å². The molecular formula is C13H17NO2. The lowest BCUT2D eigenvalue weighted by Gasteiger charge is -2.34. The Morgan fingerprint density at radius 3 is 2.69 bits per heavy atom. The van der Waals surface area contributed by atoms with E-state index in [4.69, 9.17) is 4.74 Å². The standard InChI is InChI=1S/C13H17NO2/c1-13(2)12(15)16-11(9-14-13)8-10-6-4-3-5-7-10/h3-7,11,14H,8-9H2,1-2H3. The molecular weight excluding hydrogens is 202 g/mol. The molecule has 1 aliphatic heterocycles. The van der Waals surface area contributed by atoms with E-state index >= 15 is 0 Å². The van der Waals surface area contributed by atoms with Gasteiger partial charge in [-0.05, 0) is 19.4 Å². The monoisotopic (exact) mass is 219 g/mol. The largest absolute Gasteiger partial charge is 0.459 e. The molecule has 0 amide bonds. The molecule has 2 rings (SSSR count). The van der Waals surface area contributed by atoms with E-state index in [2.05, 4.69) is 5.32 Å². The van der Waals surface area contributed by atoms with Gasteiger partial charge in [-0.2, -0.15) is 0 Å². The maximum Gasteiger partial charge on any atom is 0.326 e. The predicted molar refractivity (Wildman–Crippen MR) is 62.1 cm³/mol. The van der Waals surface area contributed by atoms with Crippen LogP contribution in [-0.4, -0.2) is 24.2 Å². The molecule has 0 spiro atoms. The Hall–Kier alpha value is -1.35. The van der Waals surface area contributed by atoms with Crippen LogP contribution in [0.5, 0.6) is 0 Å². The lowest BCUT2D eigenvalue weighted by atomic mass is 10.0. The molecule has 1 fully saturated rings. The SMILES string of the molecule is CC1(C)NCC(Cc2ccccc2)OC1=O. The number of cyclic esters (lactones) is 1. The van der Waals surface area contributed by atoms with Crippen LogP contribution in [0.1, 0.15) is 19.4 Å². The van der Waals surface area contributed by atoms with Crippen molar-refractivity contribution in [3.8, 4) is 0 Å². The molecule has 1 unspecified atom stereocenters. The summed E-state index contributed by atoms with van der Waals surface area (Å²) in [5.41, 5.74) is 0.648. The number of hydrogen-bond acceptors (Lipinski definition) is 3. The highest BCUT2D eigenvalue weighted by atomic mass is 16.5. The molecule has 16 heavy (non-hydrogen) atoms. The maximum atomic E-state index is 11.6. The van der Waals surface area contributed by atoms with Gasteiger partial charge in [0.15, 0.2) is 0 Å². The third kappa shape index (κ3) is 2.42. The van der Waals surface area contributed by atoms with E-state index in [0.717, 1.165) is 6.42 Å². The van der Waals surface area contributed by atoms with Crippen LogP contribution in [0.25, 0.3) is 0 Å². The highest BCUT2D eigenvalue weighted by Crippen LogP contribution is 2.15. The minimum atomic E-state index is -0.548. The van der Waals surface area contributed by atoms with E-state index in [0.29, 0.717) is 6.54 Å². The van der Waals surface area contributed by atoms with Crippen molar-refractivity contribution in [2.45, 2.75) is 31.9 Å². The van der Waals surface area contributed by atoms with Crippen molar-refractivity contribution in [3.63, 3.8) is 0 Å². The first-order valence-electron chi connectivity index (χ1n) is 5.58. The topological polar surface area (TPSA) is 38.3 Å². The van der Waals surface area contributed by atoms with Crippen molar-refractivity contribution in [3.05, 3.63) is 35.9 Å². The van der Waals surface area contributed by atoms with Crippen molar-refractivity contribution in [1.29, 1.82) is 0 Å². The van der Waals surface area contributed by atoms with Gasteiger partial charge in [0, 0.05) is 13.0 Å². The highest BCUT2D eigenvalue weighted by Gasteiger charge is 2.36. The van der Waals surface area contributed by atoms with Gasteiger partial charge in [0.25, 0.3) is 0 Å². The smallest absolute Gasteiger partial charge is 0.326 e. The zero-order valence-corrected chi connectivity index (χ0v) is 9.69. The van der Waals surface area contributed by atoms with Crippen LogP contribution in [0, 0.1) is 0 Å². The van der Waals surface area contributed by atoms with Crippen LogP contribution in [0.4, 0.5) is 0 Å². The van der Waals surface area contributed by atoms with E-state index in [-0.39, 0.29) is 12.1 Å². The molecule has 3 heteroatoms. The van der Waals surface area contributed by atoms with E-state index in [1.165, 1.54) is 5.56 Å². The fourth-order valence-corrected chi connectivity index (χ4v) is 1.77. The summed E-state index contributed by atoms with van der Waals surface area (Å²) in [4.78, 5) is 11.6. The fraction of sp³-hybridized carbons (Fsp3) is 0.462. The minimum Gasteiger partial charge on any atom is -0.459 e. The zero-order valence-electron chi connectivity index (χ0n) is 9.69. The summed E-state index contributed by atoms with van der Waals surface area (Å²) < 4.78 is 5.40. The summed E-state index contributed by atoms with van der Waals surface area (Å²) in [7, 11) is 0. The average molecular weight is 219 g/mol. The molecule has 1 aromatic carbocycles. The summed E-state index contributed by atoms with van der Waals surface area (Å²) in [5.74, 6) is -0.167. The van der Waals surface area contributed by atoms with Crippen molar-refractivity contribution in [2.75, 3.05) is 6.54 Å². The van der Waals surface area contributed by atoms with E-state index in [1.54, 1.807) is 0 Å². The summed E-state index contributed by atoms with van der Waals surface area (Å²) in [6.45, 7) is 4.40. The molecule has 86 valence electrons. The van der Waals surface area contributed by atoms with Crippen LogP contribution in [-0.2, 0) is 16.0 Å². The summed E-state index contributed by atoms with van der Waals surface area (Å²) in [6.07, 6.45) is 0.721. The van der Waals surface area contributed by atoms with Crippen molar-refractivity contribution in [2.24, 2.45) is 0 Å². The van der Waals surface area contributed by atoms with Crippen molar-refractivity contribution >= 4 is 5.97 Å². The second-order valence-electron chi connectivity index (χ2n) is 4.72. The summed E-state index contributed by atoms with van der Waals surface area (Å²) >= 11 is 0. The second kappa shape index (κ2) is 4.26. The maximum absolute atomic E-state index is 11.6. The number of rotatable bonds is 2. The molecule has 1 aromatic rings. The predicted octanol–water partition coefficient (Wildman–Crippen LogP) is 1.52. The Labute approximate surface area is 95.8 Å². The molecule has 0 aromatic heterocycles. The minimum absolute atomic E-state index is 0.0528. The number of hydrogen-bond donors (Lipinski definition) is 1. The number of benzene rings is 1. The molecule has 0 saturated carbocycles. The molecule has 1 heterocycles. The first-order chi connectivity index (χ1) is 7.58. The van der Waals surface area contributed by atoms with Gasteiger partial charge in [-0.3, -0.25) is 10.1 Å². The number of carbonyl (C=O) groups is 1. The summed E-state index contributed by atoms with van der Waals surface area (Å²) in [5, 5.41) is 3.20. The Balaban J connectivity index is 1.97. The van der Waals surface area contributed by atoms with Gasteiger partial charge in [-0.25, -0.2) is 0 Å². The Morgan fingerprint density at radius 2 is 2.06 bits per heavy atom. The highest BCUT2D eigenvalue weighted by molar-refractivity contribution is 5.80. The van der Waals surface area contributed by atoms with Gasteiger partial charge in [0.05, 0.1) is 0 Å². The molecule has 0 radical (unpaired) electrons. The molecule has 1 aliphatic rings. The van der Waals surface area contributed by atoms with E-state index in [1.807, 2.05) is 44.2 Å². The molecule has 0 bridgehead atoms. The van der Waals surface area contributed by atoms with Crippen LogP contribution >= 0.6 is 0 Å². The first kappa shape index (κ1) is 11.1. The number of ether oxygens (including phenoxy) is 1. The Kier molecular flexibility index (Phi) is 2.97. The quantitative estimate of drug-likeness (QED) is 0.766. The molecule has 0 aliphatic carbocycles.